The van der Waals surface area contributed by atoms with Gasteiger partial charge in [-0.2, -0.15) is 5.26 Å². The predicted octanol–water partition coefficient (Wildman–Crippen LogP) is 0.358. The Hall–Kier alpha value is -1.08. The standard InChI is InChI=1S/C10H17N3O/c1-10(2,8-11)3-5-13-6-4-12-9(14)7-13/h3-7H2,1-2H3,(H,12,14). The van der Waals surface area contributed by atoms with Gasteiger partial charge in [0.25, 0.3) is 0 Å². The number of carbonyl (C=O) groups excluding carboxylic acids is 1. The first kappa shape index (κ1) is 11.0. The normalized spacial score (nSPS) is 18.8. The highest BCUT2D eigenvalue weighted by molar-refractivity contribution is 5.78. The van der Waals surface area contributed by atoms with Crippen LogP contribution < -0.4 is 5.32 Å². The molecule has 1 N–H and O–H groups in total. The van der Waals surface area contributed by atoms with Crippen molar-refractivity contribution in [1.29, 1.82) is 5.26 Å². The highest BCUT2D eigenvalue weighted by Gasteiger charge is 2.21. The molecule has 0 bridgehead atoms. The molecule has 0 radical (unpaired) electrons. The third-order valence-corrected chi connectivity index (χ3v) is 2.47. The quantitative estimate of drug-likeness (QED) is 0.707. The van der Waals surface area contributed by atoms with Gasteiger partial charge in [-0.25, -0.2) is 0 Å². The summed E-state index contributed by atoms with van der Waals surface area (Å²) in [6, 6.07) is 2.26. The van der Waals surface area contributed by atoms with Crippen LogP contribution in [0.25, 0.3) is 0 Å². The van der Waals surface area contributed by atoms with Crippen LogP contribution in [0.5, 0.6) is 0 Å². The van der Waals surface area contributed by atoms with Gasteiger partial charge in [0.2, 0.25) is 5.91 Å². The Balaban J connectivity index is 2.31. The molecule has 0 aromatic carbocycles. The fourth-order valence-electron chi connectivity index (χ4n) is 1.38. The van der Waals surface area contributed by atoms with Gasteiger partial charge in [-0.1, -0.05) is 0 Å². The number of hydrogen-bond acceptors (Lipinski definition) is 3. The topological polar surface area (TPSA) is 56.1 Å². The fraction of sp³-hybridized carbons (Fsp3) is 0.800. The number of carbonyl (C=O) groups is 1. The van der Waals surface area contributed by atoms with Gasteiger partial charge >= 0.3 is 0 Å². The number of piperazine rings is 1. The van der Waals surface area contributed by atoms with Crippen molar-refractivity contribution in [2.75, 3.05) is 26.2 Å². The van der Waals surface area contributed by atoms with Crippen molar-refractivity contribution >= 4 is 5.91 Å². The zero-order chi connectivity index (χ0) is 10.6. The smallest absolute Gasteiger partial charge is 0.234 e. The molecule has 1 aliphatic heterocycles. The van der Waals surface area contributed by atoms with E-state index in [0.29, 0.717) is 6.54 Å². The lowest BCUT2D eigenvalue weighted by atomic mass is 9.91. The second kappa shape index (κ2) is 4.43. The number of nitrogens with one attached hydrogen (secondary N) is 1. The Labute approximate surface area is 84.9 Å². The van der Waals surface area contributed by atoms with E-state index in [0.717, 1.165) is 26.1 Å². The maximum Gasteiger partial charge on any atom is 0.234 e. The van der Waals surface area contributed by atoms with Crippen molar-refractivity contribution in [1.82, 2.24) is 10.2 Å². The molecule has 1 aliphatic rings. The van der Waals surface area contributed by atoms with Crippen molar-refractivity contribution in [3.63, 3.8) is 0 Å². The van der Waals surface area contributed by atoms with Gasteiger partial charge < -0.3 is 5.32 Å². The third kappa shape index (κ3) is 3.35. The summed E-state index contributed by atoms with van der Waals surface area (Å²) in [5.74, 6) is 0.0889. The van der Waals surface area contributed by atoms with Crippen LogP contribution in [0.3, 0.4) is 0 Å². The zero-order valence-electron chi connectivity index (χ0n) is 8.84. The molecule has 0 aliphatic carbocycles. The number of amides is 1. The molecule has 0 atom stereocenters. The van der Waals surface area contributed by atoms with E-state index in [1.54, 1.807) is 0 Å². The van der Waals surface area contributed by atoms with E-state index in [1.165, 1.54) is 0 Å². The van der Waals surface area contributed by atoms with Crippen LogP contribution in [0.4, 0.5) is 0 Å². The summed E-state index contributed by atoms with van der Waals surface area (Å²) >= 11 is 0. The molecule has 0 aromatic heterocycles. The Kier molecular flexibility index (Phi) is 3.48. The number of rotatable bonds is 3. The molecule has 4 heteroatoms. The number of nitriles is 1. The van der Waals surface area contributed by atoms with Gasteiger partial charge in [-0.15, -0.1) is 0 Å². The third-order valence-electron chi connectivity index (χ3n) is 2.47. The van der Waals surface area contributed by atoms with Crippen LogP contribution in [0.1, 0.15) is 20.3 Å². The van der Waals surface area contributed by atoms with E-state index in [4.69, 9.17) is 5.26 Å². The lowest BCUT2D eigenvalue weighted by Crippen LogP contribution is -2.48. The summed E-state index contributed by atoms with van der Waals surface area (Å²) in [7, 11) is 0. The Morgan fingerprint density at radius 3 is 2.93 bits per heavy atom. The van der Waals surface area contributed by atoms with Crippen molar-refractivity contribution < 1.29 is 4.79 Å². The Morgan fingerprint density at radius 2 is 2.36 bits per heavy atom. The monoisotopic (exact) mass is 195 g/mol. The van der Waals surface area contributed by atoms with E-state index < -0.39 is 0 Å². The van der Waals surface area contributed by atoms with E-state index in [1.807, 2.05) is 13.8 Å². The van der Waals surface area contributed by atoms with E-state index >= 15 is 0 Å². The molecule has 14 heavy (non-hydrogen) atoms. The first-order chi connectivity index (χ1) is 6.53. The van der Waals surface area contributed by atoms with Gasteiger partial charge in [-0.05, 0) is 20.3 Å². The predicted molar refractivity (Wildman–Crippen MR) is 53.5 cm³/mol. The lowest BCUT2D eigenvalue weighted by Gasteiger charge is -2.28. The summed E-state index contributed by atoms with van der Waals surface area (Å²) in [6.45, 7) is 6.78. The maximum absolute atomic E-state index is 11.0. The maximum atomic E-state index is 11.0. The molecule has 0 unspecified atom stereocenters. The van der Waals surface area contributed by atoms with Crippen LogP contribution >= 0.6 is 0 Å². The molecule has 1 saturated heterocycles. The number of nitrogens with zero attached hydrogens (tertiary/aromatic N) is 2. The highest BCUT2D eigenvalue weighted by atomic mass is 16.2. The minimum Gasteiger partial charge on any atom is -0.354 e. The van der Waals surface area contributed by atoms with Crippen molar-refractivity contribution in [3.8, 4) is 6.07 Å². The summed E-state index contributed by atoms with van der Waals surface area (Å²) in [5, 5.41) is 11.6. The molecule has 1 heterocycles. The molecule has 1 amide bonds. The summed E-state index contributed by atoms with van der Waals surface area (Å²) < 4.78 is 0. The van der Waals surface area contributed by atoms with E-state index in [2.05, 4.69) is 16.3 Å². The summed E-state index contributed by atoms with van der Waals surface area (Å²) in [4.78, 5) is 13.1. The van der Waals surface area contributed by atoms with E-state index in [-0.39, 0.29) is 11.3 Å². The van der Waals surface area contributed by atoms with Crippen molar-refractivity contribution in [3.05, 3.63) is 0 Å². The average molecular weight is 195 g/mol. The van der Waals surface area contributed by atoms with Gasteiger partial charge in [-0.3, -0.25) is 9.69 Å². The van der Waals surface area contributed by atoms with Crippen molar-refractivity contribution in [2.24, 2.45) is 5.41 Å². The van der Waals surface area contributed by atoms with Crippen LogP contribution in [-0.4, -0.2) is 37.0 Å². The van der Waals surface area contributed by atoms with Crippen LogP contribution in [-0.2, 0) is 4.79 Å². The molecule has 78 valence electrons. The van der Waals surface area contributed by atoms with Crippen LogP contribution in [0.2, 0.25) is 0 Å². The Morgan fingerprint density at radius 1 is 1.64 bits per heavy atom. The lowest BCUT2D eigenvalue weighted by molar-refractivity contribution is -0.124. The van der Waals surface area contributed by atoms with Gasteiger partial charge in [0.05, 0.1) is 18.0 Å². The van der Waals surface area contributed by atoms with Gasteiger partial charge in [0.15, 0.2) is 0 Å². The Bertz CT molecular complexity index is 255. The first-order valence-electron chi connectivity index (χ1n) is 4.94. The molecule has 0 aromatic rings. The number of hydrogen-bond donors (Lipinski definition) is 1. The molecule has 0 spiro atoms. The minimum absolute atomic E-state index is 0.0889. The average Bonchev–Trinajstić information content (AvgIpc) is 2.15. The van der Waals surface area contributed by atoms with Crippen LogP contribution in [0.15, 0.2) is 0 Å². The molecule has 1 rings (SSSR count). The van der Waals surface area contributed by atoms with E-state index in [9.17, 15) is 4.79 Å². The largest absolute Gasteiger partial charge is 0.354 e. The van der Waals surface area contributed by atoms with Crippen LogP contribution in [0, 0.1) is 16.7 Å². The van der Waals surface area contributed by atoms with Gasteiger partial charge in [0, 0.05) is 19.6 Å². The molecule has 4 nitrogen and oxygen atoms in total. The van der Waals surface area contributed by atoms with Gasteiger partial charge in [0.1, 0.15) is 0 Å². The summed E-state index contributed by atoms with van der Waals surface area (Å²) in [6.07, 6.45) is 0.816. The first-order valence-corrected chi connectivity index (χ1v) is 4.94. The molecule has 0 saturated carbocycles. The molecular weight excluding hydrogens is 178 g/mol. The fourth-order valence-corrected chi connectivity index (χ4v) is 1.38. The highest BCUT2D eigenvalue weighted by Crippen LogP contribution is 2.18. The zero-order valence-corrected chi connectivity index (χ0v) is 8.84. The second-order valence-corrected chi connectivity index (χ2v) is 4.37. The van der Waals surface area contributed by atoms with Crippen molar-refractivity contribution in [2.45, 2.75) is 20.3 Å². The summed E-state index contributed by atoms with van der Waals surface area (Å²) in [5.41, 5.74) is -0.284. The second-order valence-electron chi connectivity index (χ2n) is 4.37. The molecule has 1 fully saturated rings. The minimum atomic E-state index is -0.284. The SMILES string of the molecule is CC(C)(C#N)CCN1CCNC(=O)C1. The molecular formula is C10H17N3O.